The van der Waals surface area contributed by atoms with Crippen molar-refractivity contribution < 1.29 is 14.3 Å². The number of amides is 1. The van der Waals surface area contributed by atoms with Crippen LogP contribution in [0.1, 0.15) is 47.8 Å². The number of benzene rings is 1. The van der Waals surface area contributed by atoms with Crippen molar-refractivity contribution in [3.63, 3.8) is 0 Å². The maximum absolute atomic E-state index is 12.0. The number of nitrogens with zero attached hydrogens (tertiary/aromatic N) is 4. The van der Waals surface area contributed by atoms with Gasteiger partial charge in [0.25, 0.3) is 5.91 Å². The van der Waals surface area contributed by atoms with Gasteiger partial charge in [-0.15, -0.1) is 0 Å². The SMILES string of the molecule is COc1cc(Nc2nccc(Nc3ccc(C4CC4)nc3C(N)=O)n2)ccc1OC1CC(N(C)C)C1. The lowest BCUT2D eigenvalue weighted by Crippen LogP contribution is -2.46. The van der Waals surface area contributed by atoms with Gasteiger partial charge in [0.05, 0.1) is 12.8 Å². The first-order chi connectivity index (χ1) is 17.4. The van der Waals surface area contributed by atoms with Crippen LogP contribution in [0.4, 0.5) is 23.1 Å². The zero-order valence-electron chi connectivity index (χ0n) is 20.7. The molecule has 0 saturated heterocycles. The number of anilines is 4. The number of primary amides is 1. The van der Waals surface area contributed by atoms with E-state index in [4.69, 9.17) is 15.2 Å². The van der Waals surface area contributed by atoms with Crippen molar-refractivity contribution in [3.05, 3.63) is 54.0 Å². The molecule has 0 spiro atoms. The Morgan fingerprint density at radius 3 is 2.56 bits per heavy atom. The minimum absolute atomic E-state index is 0.189. The van der Waals surface area contributed by atoms with Crippen LogP contribution in [0.2, 0.25) is 0 Å². The number of nitrogens with one attached hydrogen (secondary N) is 2. The molecule has 3 aromatic rings. The molecule has 2 aromatic heterocycles. The molecule has 1 aromatic carbocycles. The summed E-state index contributed by atoms with van der Waals surface area (Å²) in [5.74, 6) is 2.07. The summed E-state index contributed by atoms with van der Waals surface area (Å²) in [4.78, 5) is 27.5. The molecule has 2 heterocycles. The number of carbonyl (C=O) groups is 1. The Morgan fingerprint density at radius 2 is 1.86 bits per heavy atom. The molecule has 10 nitrogen and oxygen atoms in total. The highest BCUT2D eigenvalue weighted by atomic mass is 16.5. The predicted molar refractivity (Wildman–Crippen MR) is 137 cm³/mol. The Morgan fingerprint density at radius 1 is 1.06 bits per heavy atom. The summed E-state index contributed by atoms with van der Waals surface area (Å²) >= 11 is 0. The fourth-order valence-corrected chi connectivity index (χ4v) is 4.20. The molecule has 10 heteroatoms. The Labute approximate surface area is 210 Å². The minimum atomic E-state index is -0.582. The topological polar surface area (TPSA) is 128 Å². The second kappa shape index (κ2) is 9.98. The second-order valence-corrected chi connectivity index (χ2v) is 9.48. The summed E-state index contributed by atoms with van der Waals surface area (Å²) < 4.78 is 11.7. The third-order valence-electron chi connectivity index (χ3n) is 6.58. The molecule has 0 radical (unpaired) electrons. The molecule has 5 rings (SSSR count). The van der Waals surface area contributed by atoms with E-state index >= 15 is 0 Å². The minimum Gasteiger partial charge on any atom is -0.493 e. The molecular formula is C26H31N7O3. The molecule has 2 fully saturated rings. The first-order valence-corrected chi connectivity index (χ1v) is 12.1. The number of hydrogen-bond donors (Lipinski definition) is 3. The highest BCUT2D eigenvalue weighted by Crippen LogP contribution is 2.40. The first kappa shape index (κ1) is 23.8. The van der Waals surface area contributed by atoms with Gasteiger partial charge < -0.3 is 30.7 Å². The van der Waals surface area contributed by atoms with E-state index in [1.54, 1.807) is 19.4 Å². The summed E-state index contributed by atoms with van der Waals surface area (Å²) in [6.07, 6.45) is 6.00. The quantitative estimate of drug-likeness (QED) is 0.389. The van der Waals surface area contributed by atoms with Gasteiger partial charge in [0.2, 0.25) is 5.95 Å². The number of aromatic nitrogens is 3. The number of nitrogens with two attached hydrogens (primary N) is 1. The van der Waals surface area contributed by atoms with Crippen molar-refractivity contribution >= 4 is 29.0 Å². The van der Waals surface area contributed by atoms with Gasteiger partial charge in [-0.1, -0.05) is 0 Å². The average Bonchev–Trinajstić information content (AvgIpc) is 3.67. The number of pyridine rings is 1. The van der Waals surface area contributed by atoms with Crippen molar-refractivity contribution in [2.45, 2.75) is 43.7 Å². The zero-order chi connectivity index (χ0) is 25.2. The van der Waals surface area contributed by atoms with Gasteiger partial charge in [0, 0.05) is 35.6 Å². The third kappa shape index (κ3) is 5.33. The molecule has 2 aliphatic carbocycles. The first-order valence-electron chi connectivity index (χ1n) is 12.1. The molecule has 2 saturated carbocycles. The number of hydrogen-bond acceptors (Lipinski definition) is 9. The number of ether oxygens (including phenoxy) is 2. The lowest BCUT2D eigenvalue weighted by atomic mass is 9.88. The molecule has 36 heavy (non-hydrogen) atoms. The van der Waals surface area contributed by atoms with E-state index < -0.39 is 5.91 Å². The second-order valence-electron chi connectivity index (χ2n) is 9.48. The van der Waals surface area contributed by atoms with Crippen molar-refractivity contribution in [2.75, 3.05) is 31.8 Å². The van der Waals surface area contributed by atoms with Crippen molar-refractivity contribution in [2.24, 2.45) is 5.73 Å². The predicted octanol–water partition coefficient (Wildman–Crippen LogP) is 3.82. The molecule has 0 bridgehead atoms. The van der Waals surface area contributed by atoms with Gasteiger partial charge in [0.1, 0.15) is 11.9 Å². The fourth-order valence-electron chi connectivity index (χ4n) is 4.20. The van der Waals surface area contributed by atoms with E-state index in [1.807, 2.05) is 30.3 Å². The van der Waals surface area contributed by atoms with Crippen LogP contribution < -0.4 is 25.8 Å². The molecule has 0 unspecified atom stereocenters. The summed E-state index contributed by atoms with van der Waals surface area (Å²) in [5, 5.41) is 6.33. The molecule has 1 amide bonds. The Kier molecular flexibility index (Phi) is 6.60. The summed E-state index contributed by atoms with van der Waals surface area (Å²) in [5.41, 5.74) is 7.95. The van der Waals surface area contributed by atoms with E-state index in [9.17, 15) is 4.79 Å². The lowest BCUT2D eigenvalue weighted by molar-refractivity contribution is 0.0383. The van der Waals surface area contributed by atoms with E-state index in [0.29, 0.717) is 40.9 Å². The smallest absolute Gasteiger partial charge is 0.269 e. The van der Waals surface area contributed by atoms with Crippen LogP contribution in [0.15, 0.2) is 42.6 Å². The van der Waals surface area contributed by atoms with Crippen LogP contribution in [0.5, 0.6) is 11.5 Å². The fraction of sp³-hybridized carbons (Fsp3) is 0.385. The van der Waals surface area contributed by atoms with E-state index in [0.717, 1.165) is 37.1 Å². The molecule has 0 aliphatic heterocycles. The van der Waals surface area contributed by atoms with Gasteiger partial charge in [-0.25, -0.2) is 9.97 Å². The van der Waals surface area contributed by atoms with Crippen LogP contribution >= 0.6 is 0 Å². The van der Waals surface area contributed by atoms with Crippen molar-refractivity contribution in [1.29, 1.82) is 0 Å². The Hall–Kier alpha value is -3.92. The van der Waals surface area contributed by atoms with Crippen LogP contribution in [0.3, 0.4) is 0 Å². The summed E-state index contributed by atoms with van der Waals surface area (Å²) in [6.45, 7) is 0. The normalized spacial score (nSPS) is 18.9. The molecule has 0 atom stereocenters. The third-order valence-corrected chi connectivity index (χ3v) is 6.58. The van der Waals surface area contributed by atoms with E-state index in [-0.39, 0.29) is 11.8 Å². The number of rotatable bonds is 10. The van der Waals surface area contributed by atoms with Gasteiger partial charge in [0.15, 0.2) is 17.2 Å². The zero-order valence-corrected chi connectivity index (χ0v) is 20.7. The Bertz CT molecular complexity index is 1260. The Balaban J connectivity index is 1.27. The van der Waals surface area contributed by atoms with Crippen LogP contribution in [0.25, 0.3) is 0 Å². The molecule has 188 valence electrons. The monoisotopic (exact) mass is 489 g/mol. The standard InChI is InChI=1S/C26H31N7O3/c1-33(2)17-13-18(14-17)36-21-9-6-16(12-22(21)35-3)29-26-28-11-10-23(32-26)30-20-8-7-19(15-4-5-15)31-24(20)25(27)34/h6-12,15,17-18H,4-5,13-14H2,1-3H3,(H2,27,34)(H2,28,29,30,32). The van der Waals surface area contributed by atoms with Crippen LogP contribution in [0, 0.1) is 0 Å². The van der Waals surface area contributed by atoms with E-state index in [1.165, 1.54) is 0 Å². The highest BCUT2D eigenvalue weighted by molar-refractivity contribution is 5.97. The van der Waals surface area contributed by atoms with Gasteiger partial charge >= 0.3 is 0 Å². The largest absolute Gasteiger partial charge is 0.493 e. The van der Waals surface area contributed by atoms with Gasteiger partial charge in [-0.05, 0) is 70.1 Å². The lowest BCUT2D eigenvalue weighted by Gasteiger charge is -2.39. The van der Waals surface area contributed by atoms with Crippen molar-refractivity contribution in [3.8, 4) is 11.5 Å². The van der Waals surface area contributed by atoms with Crippen LogP contribution in [-0.4, -0.2) is 59.1 Å². The van der Waals surface area contributed by atoms with Crippen molar-refractivity contribution in [1.82, 2.24) is 19.9 Å². The van der Waals surface area contributed by atoms with Gasteiger partial charge in [-0.2, -0.15) is 4.98 Å². The summed E-state index contributed by atoms with van der Waals surface area (Å²) in [7, 11) is 5.80. The molecule has 4 N–H and O–H groups in total. The average molecular weight is 490 g/mol. The number of methoxy groups -OCH3 is 1. The molecular weight excluding hydrogens is 458 g/mol. The maximum Gasteiger partial charge on any atom is 0.269 e. The molecule has 2 aliphatic rings. The van der Waals surface area contributed by atoms with Crippen LogP contribution in [-0.2, 0) is 0 Å². The maximum atomic E-state index is 12.0. The van der Waals surface area contributed by atoms with E-state index in [2.05, 4.69) is 44.6 Å². The summed E-state index contributed by atoms with van der Waals surface area (Å²) in [6, 6.07) is 11.7. The number of carbonyl (C=O) groups excluding carboxylic acids is 1. The van der Waals surface area contributed by atoms with Gasteiger partial charge in [-0.3, -0.25) is 4.79 Å². The highest BCUT2D eigenvalue weighted by Gasteiger charge is 2.32.